The highest BCUT2D eigenvalue weighted by Gasteiger charge is 2.22. The fourth-order valence-electron chi connectivity index (χ4n) is 6.79. The standard InChI is InChI=1S/C43H47N9O6S2/c1-27-11-13-28(14-12-27)15-19-45-41(55)39-36(31-10-6-17-46-42(31)60-39)48-33(53)16-21-50(2)20-7-18-44-34(54)25-58-26-35-49-40-38(59-35)32-23-47-52(43(56)37(32)51(40)3)24-29-8-5-9-30(22-29)57-4/h5-6,8-14,17,22-23H,7,15-16,18-21,24-26H2,1-4H3,(H,44,54)(H,45,55)(H,48,53). The van der Waals surface area contributed by atoms with Crippen molar-refractivity contribution in [1.29, 1.82) is 0 Å². The number of amides is 3. The number of carbonyl (C=O) groups excluding carboxylic acids is 3. The molecular weight excluding hydrogens is 803 g/mol. The van der Waals surface area contributed by atoms with E-state index in [2.05, 4.69) is 50.3 Å². The molecule has 5 heterocycles. The van der Waals surface area contributed by atoms with Crippen molar-refractivity contribution in [2.24, 2.45) is 7.05 Å². The monoisotopic (exact) mass is 849 g/mol. The van der Waals surface area contributed by atoms with Crippen LogP contribution in [0.1, 0.15) is 44.2 Å². The molecule has 3 N–H and O–H groups in total. The van der Waals surface area contributed by atoms with Gasteiger partial charge in [-0.25, -0.2) is 14.6 Å². The highest BCUT2D eigenvalue weighted by molar-refractivity contribution is 7.21. The lowest BCUT2D eigenvalue weighted by molar-refractivity contribution is -0.126. The van der Waals surface area contributed by atoms with Gasteiger partial charge in [0.15, 0.2) is 5.65 Å². The Morgan fingerprint density at radius 2 is 1.77 bits per heavy atom. The minimum atomic E-state index is -0.247. The predicted molar refractivity (Wildman–Crippen MR) is 235 cm³/mol. The first-order valence-corrected chi connectivity index (χ1v) is 21.2. The van der Waals surface area contributed by atoms with E-state index in [1.165, 1.54) is 32.9 Å². The summed E-state index contributed by atoms with van der Waals surface area (Å²) in [6.45, 7) is 4.45. The van der Waals surface area contributed by atoms with Gasteiger partial charge in [-0.1, -0.05) is 42.0 Å². The summed E-state index contributed by atoms with van der Waals surface area (Å²) in [5, 5.41) is 15.4. The van der Waals surface area contributed by atoms with Crippen molar-refractivity contribution in [3.05, 3.63) is 110 Å². The van der Waals surface area contributed by atoms with Gasteiger partial charge in [0.05, 0.1) is 36.8 Å². The molecule has 0 atom stereocenters. The molecule has 0 aliphatic heterocycles. The molecule has 0 unspecified atom stereocenters. The lowest BCUT2D eigenvalue weighted by Gasteiger charge is -2.16. The maximum absolute atomic E-state index is 13.4. The SMILES string of the molecule is COc1cccc(Cn2ncc3c4sc(COCC(=O)NCCCN(C)CCC(=O)Nc5c(C(=O)NCCc6ccc(C)cc6)sc6ncccc56)nc4n(C)c3c2=O)c1. The molecule has 5 aromatic heterocycles. The molecule has 0 spiro atoms. The van der Waals surface area contributed by atoms with Gasteiger partial charge < -0.3 is 34.9 Å². The molecule has 0 aliphatic carbocycles. The molecule has 7 rings (SSSR count). The number of pyridine rings is 1. The van der Waals surface area contributed by atoms with Crippen LogP contribution in [0.3, 0.4) is 0 Å². The Bertz CT molecular complexity index is 2700. The number of thiophene rings is 1. The predicted octanol–water partition coefficient (Wildman–Crippen LogP) is 5.28. The molecule has 0 radical (unpaired) electrons. The van der Waals surface area contributed by atoms with Gasteiger partial charge in [0, 0.05) is 50.1 Å². The highest BCUT2D eigenvalue weighted by Crippen LogP contribution is 2.35. The van der Waals surface area contributed by atoms with Crippen LogP contribution >= 0.6 is 22.7 Å². The Hall–Kier alpha value is -6.01. The van der Waals surface area contributed by atoms with Gasteiger partial charge in [-0.3, -0.25) is 19.2 Å². The van der Waals surface area contributed by atoms with Gasteiger partial charge in [-0.2, -0.15) is 5.10 Å². The third kappa shape index (κ3) is 10.0. The molecule has 60 heavy (non-hydrogen) atoms. The molecule has 2 aromatic carbocycles. The Balaban J connectivity index is 0.821. The second-order valence-corrected chi connectivity index (χ2v) is 16.6. The van der Waals surface area contributed by atoms with Crippen LogP contribution in [-0.2, 0) is 40.9 Å². The summed E-state index contributed by atoms with van der Waals surface area (Å²) in [5.74, 6) is 0.0233. The van der Waals surface area contributed by atoms with Crippen LogP contribution in [0.15, 0.2) is 77.9 Å². The Morgan fingerprint density at radius 3 is 2.58 bits per heavy atom. The van der Waals surface area contributed by atoms with Crippen LogP contribution in [-0.4, -0.2) is 93.9 Å². The first-order chi connectivity index (χ1) is 29.1. The number of aryl methyl sites for hydroxylation is 2. The third-order valence-corrected chi connectivity index (χ3v) is 12.2. The molecule has 7 aromatic rings. The van der Waals surface area contributed by atoms with E-state index in [-0.39, 0.29) is 42.9 Å². The number of anilines is 1. The van der Waals surface area contributed by atoms with Crippen molar-refractivity contribution >= 4 is 77.5 Å². The van der Waals surface area contributed by atoms with Gasteiger partial charge in [-0.15, -0.1) is 22.7 Å². The number of aromatic nitrogens is 5. The Labute approximate surface area is 354 Å². The number of rotatable bonds is 19. The van der Waals surface area contributed by atoms with E-state index in [1.807, 2.05) is 56.3 Å². The number of nitrogens with one attached hydrogen (secondary N) is 3. The smallest absolute Gasteiger partial charge is 0.291 e. The van der Waals surface area contributed by atoms with Crippen molar-refractivity contribution in [1.82, 2.24) is 39.8 Å². The first kappa shape index (κ1) is 42.1. The molecule has 0 fully saturated rings. The summed E-state index contributed by atoms with van der Waals surface area (Å²) in [6.07, 6.45) is 4.97. The van der Waals surface area contributed by atoms with E-state index < -0.39 is 0 Å². The molecular formula is C43H47N9O6S2. The van der Waals surface area contributed by atoms with E-state index in [0.29, 0.717) is 82.9 Å². The van der Waals surface area contributed by atoms with Crippen molar-refractivity contribution in [2.75, 3.05) is 52.3 Å². The van der Waals surface area contributed by atoms with Gasteiger partial charge >= 0.3 is 0 Å². The number of ether oxygens (including phenoxy) is 2. The third-order valence-electron chi connectivity index (χ3n) is 10.0. The lowest BCUT2D eigenvalue weighted by atomic mass is 10.1. The Morgan fingerprint density at radius 1 is 0.933 bits per heavy atom. The molecule has 0 saturated heterocycles. The van der Waals surface area contributed by atoms with Gasteiger partial charge in [0.1, 0.15) is 32.6 Å². The van der Waals surface area contributed by atoms with E-state index in [4.69, 9.17) is 14.5 Å². The van der Waals surface area contributed by atoms with Crippen molar-refractivity contribution in [3.63, 3.8) is 0 Å². The zero-order valence-electron chi connectivity index (χ0n) is 33.9. The van der Waals surface area contributed by atoms with Crippen LogP contribution in [0, 0.1) is 6.92 Å². The second kappa shape index (κ2) is 19.4. The fraction of sp³-hybridized carbons (Fsp3) is 0.326. The summed E-state index contributed by atoms with van der Waals surface area (Å²) in [5.41, 5.74) is 4.67. The van der Waals surface area contributed by atoms with Crippen LogP contribution in [0.25, 0.3) is 31.5 Å². The van der Waals surface area contributed by atoms with E-state index in [0.717, 1.165) is 26.6 Å². The molecule has 0 bridgehead atoms. The molecule has 312 valence electrons. The normalized spacial score (nSPS) is 11.5. The minimum absolute atomic E-state index is 0.122. The average Bonchev–Trinajstić information content (AvgIpc) is 3.91. The molecule has 17 heteroatoms. The van der Waals surface area contributed by atoms with Crippen molar-refractivity contribution in [2.45, 2.75) is 39.3 Å². The Kier molecular flexibility index (Phi) is 13.6. The van der Waals surface area contributed by atoms with E-state index >= 15 is 0 Å². The van der Waals surface area contributed by atoms with E-state index in [9.17, 15) is 19.2 Å². The number of benzene rings is 2. The number of hydrogen-bond donors (Lipinski definition) is 3. The molecule has 15 nitrogen and oxygen atoms in total. The maximum atomic E-state index is 13.4. The number of hydrogen-bond acceptors (Lipinski definition) is 12. The second-order valence-electron chi connectivity index (χ2n) is 14.5. The zero-order valence-corrected chi connectivity index (χ0v) is 35.6. The van der Waals surface area contributed by atoms with Gasteiger partial charge in [-0.05, 0) is 68.8 Å². The summed E-state index contributed by atoms with van der Waals surface area (Å²) < 4.78 is 15.0. The van der Waals surface area contributed by atoms with Gasteiger partial charge in [0.2, 0.25) is 11.8 Å². The summed E-state index contributed by atoms with van der Waals surface area (Å²) in [7, 11) is 5.33. The largest absolute Gasteiger partial charge is 0.497 e. The van der Waals surface area contributed by atoms with Crippen LogP contribution < -0.4 is 26.2 Å². The van der Waals surface area contributed by atoms with Crippen molar-refractivity contribution in [3.8, 4) is 5.75 Å². The zero-order chi connectivity index (χ0) is 42.2. The number of carbonyl (C=O) groups is 3. The van der Waals surface area contributed by atoms with Crippen LogP contribution in [0.4, 0.5) is 5.69 Å². The van der Waals surface area contributed by atoms with Crippen molar-refractivity contribution < 1.29 is 23.9 Å². The highest BCUT2D eigenvalue weighted by atomic mass is 32.1. The topological polar surface area (TPSA) is 175 Å². The summed E-state index contributed by atoms with van der Waals surface area (Å²) in [6, 6.07) is 19.4. The lowest BCUT2D eigenvalue weighted by Crippen LogP contribution is -2.31. The maximum Gasteiger partial charge on any atom is 0.291 e. The minimum Gasteiger partial charge on any atom is -0.497 e. The number of thiazole rings is 1. The molecule has 0 saturated carbocycles. The summed E-state index contributed by atoms with van der Waals surface area (Å²) >= 11 is 2.67. The number of fused-ring (bicyclic) bond motifs is 4. The molecule has 3 amide bonds. The van der Waals surface area contributed by atoms with E-state index in [1.54, 1.807) is 30.1 Å². The van der Waals surface area contributed by atoms with Crippen LogP contribution in [0.5, 0.6) is 5.75 Å². The average molecular weight is 850 g/mol. The number of nitrogens with zero attached hydrogens (tertiary/aromatic N) is 6. The van der Waals surface area contributed by atoms with Crippen LogP contribution in [0.2, 0.25) is 0 Å². The first-order valence-electron chi connectivity index (χ1n) is 19.6. The molecule has 0 aliphatic rings. The van der Waals surface area contributed by atoms with Gasteiger partial charge in [0.25, 0.3) is 11.5 Å². The fourth-order valence-corrected chi connectivity index (χ4v) is 8.85. The summed E-state index contributed by atoms with van der Waals surface area (Å²) in [4.78, 5) is 64.5. The quantitative estimate of drug-likeness (QED) is 0.0910. The number of methoxy groups -OCH3 is 1.